The first-order chi connectivity index (χ1) is 9.78. The number of aliphatic hydroxyl groups is 1. The van der Waals surface area contributed by atoms with Crippen LogP contribution in [0, 0.1) is 17.2 Å². The highest BCUT2D eigenvalue weighted by atomic mass is 32.2. The third kappa shape index (κ3) is 5.04. The second-order valence-corrected chi connectivity index (χ2v) is 6.14. The lowest BCUT2D eigenvalue weighted by Gasteiger charge is -2.15. The van der Waals surface area contributed by atoms with E-state index in [9.17, 15) is 5.11 Å². The van der Waals surface area contributed by atoms with Gasteiger partial charge in [-0.05, 0) is 48.6 Å². The van der Waals surface area contributed by atoms with Crippen molar-refractivity contribution in [3.8, 4) is 11.8 Å². The first-order valence-electron chi connectivity index (χ1n) is 6.87. The Morgan fingerprint density at radius 1 is 1.55 bits per heavy atom. The summed E-state index contributed by atoms with van der Waals surface area (Å²) in [5.74, 6) is 3.84. The zero-order valence-electron chi connectivity index (χ0n) is 11.4. The van der Waals surface area contributed by atoms with Crippen molar-refractivity contribution in [2.45, 2.75) is 12.5 Å². The van der Waals surface area contributed by atoms with E-state index in [1.165, 1.54) is 17.9 Å². The van der Waals surface area contributed by atoms with Crippen LogP contribution in [0.15, 0.2) is 24.3 Å². The lowest BCUT2D eigenvalue weighted by molar-refractivity contribution is 0.106. The van der Waals surface area contributed by atoms with E-state index in [0.717, 1.165) is 12.5 Å². The fourth-order valence-corrected chi connectivity index (χ4v) is 3.39. The van der Waals surface area contributed by atoms with E-state index in [-0.39, 0.29) is 6.61 Å². The molecule has 2 N–H and O–H groups in total. The molecule has 20 heavy (non-hydrogen) atoms. The van der Waals surface area contributed by atoms with E-state index in [1.54, 1.807) is 24.3 Å². The first kappa shape index (κ1) is 15.2. The van der Waals surface area contributed by atoms with Gasteiger partial charge >= 0.3 is 0 Å². The van der Waals surface area contributed by atoms with Gasteiger partial charge in [0.2, 0.25) is 0 Å². The number of benzene rings is 1. The predicted molar refractivity (Wildman–Crippen MR) is 81.0 cm³/mol. The molecule has 1 heterocycles. The summed E-state index contributed by atoms with van der Waals surface area (Å²) in [7, 11) is 0. The summed E-state index contributed by atoms with van der Waals surface area (Å²) < 4.78 is 5.49. The number of nitriles is 1. The average Bonchev–Trinajstić information content (AvgIpc) is 2.98. The molecule has 0 saturated carbocycles. The van der Waals surface area contributed by atoms with Crippen molar-refractivity contribution in [1.29, 1.82) is 5.26 Å². The highest BCUT2D eigenvalue weighted by Gasteiger charge is 2.15. The van der Waals surface area contributed by atoms with Gasteiger partial charge in [-0.15, -0.1) is 0 Å². The molecule has 4 nitrogen and oxygen atoms in total. The lowest BCUT2D eigenvalue weighted by Crippen LogP contribution is -2.34. The molecule has 0 radical (unpaired) electrons. The van der Waals surface area contributed by atoms with Crippen molar-refractivity contribution in [2.75, 3.05) is 31.2 Å². The molecule has 5 heteroatoms. The maximum atomic E-state index is 9.85. The van der Waals surface area contributed by atoms with Crippen LogP contribution in [-0.2, 0) is 0 Å². The largest absolute Gasteiger partial charge is 0.491 e. The number of nitrogens with one attached hydrogen (secondary N) is 1. The molecule has 2 atom stereocenters. The van der Waals surface area contributed by atoms with Crippen LogP contribution in [0.4, 0.5) is 0 Å². The molecular weight excluding hydrogens is 272 g/mol. The molecule has 1 fully saturated rings. The summed E-state index contributed by atoms with van der Waals surface area (Å²) in [6.45, 7) is 1.74. The zero-order chi connectivity index (χ0) is 14.2. The summed E-state index contributed by atoms with van der Waals surface area (Å²) >= 11 is 2.00. The molecule has 108 valence electrons. The minimum Gasteiger partial charge on any atom is -0.491 e. The molecule has 0 aliphatic carbocycles. The van der Waals surface area contributed by atoms with E-state index in [4.69, 9.17) is 10.00 Å². The summed E-state index contributed by atoms with van der Waals surface area (Å²) in [4.78, 5) is 0. The summed E-state index contributed by atoms with van der Waals surface area (Å²) in [5, 5.41) is 21.9. The third-order valence-corrected chi connectivity index (χ3v) is 4.47. The van der Waals surface area contributed by atoms with Gasteiger partial charge in [0, 0.05) is 6.54 Å². The Morgan fingerprint density at radius 2 is 2.45 bits per heavy atom. The van der Waals surface area contributed by atoms with Crippen LogP contribution in [0.25, 0.3) is 0 Å². The van der Waals surface area contributed by atoms with Crippen molar-refractivity contribution in [3.63, 3.8) is 0 Å². The van der Waals surface area contributed by atoms with Gasteiger partial charge in [0.05, 0.1) is 11.6 Å². The number of nitrogens with zero attached hydrogens (tertiary/aromatic N) is 1. The third-order valence-electron chi connectivity index (χ3n) is 3.24. The van der Waals surface area contributed by atoms with Crippen LogP contribution in [-0.4, -0.2) is 42.4 Å². The summed E-state index contributed by atoms with van der Waals surface area (Å²) in [6, 6.07) is 9.03. The Kier molecular flexibility index (Phi) is 6.19. The molecule has 1 aliphatic rings. The number of thioether (sulfide) groups is 1. The number of ether oxygens (including phenoxy) is 1. The van der Waals surface area contributed by atoms with Gasteiger partial charge < -0.3 is 15.2 Å². The number of rotatable bonds is 7. The zero-order valence-corrected chi connectivity index (χ0v) is 12.2. The van der Waals surface area contributed by atoms with Crippen LogP contribution >= 0.6 is 11.8 Å². The lowest BCUT2D eigenvalue weighted by atomic mass is 10.1. The fourth-order valence-electron chi connectivity index (χ4n) is 2.11. The van der Waals surface area contributed by atoms with Crippen molar-refractivity contribution in [3.05, 3.63) is 29.8 Å². The molecule has 0 aromatic heterocycles. The maximum Gasteiger partial charge on any atom is 0.120 e. The van der Waals surface area contributed by atoms with Crippen molar-refractivity contribution >= 4 is 11.8 Å². The van der Waals surface area contributed by atoms with Crippen molar-refractivity contribution < 1.29 is 9.84 Å². The topological polar surface area (TPSA) is 65.3 Å². The number of hydrogen-bond donors (Lipinski definition) is 2. The van der Waals surface area contributed by atoms with E-state index in [1.807, 2.05) is 11.8 Å². The molecule has 1 aromatic carbocycles. The van der Waals surface area contributed by atoms with Gasteiger partial charge in [-0.25, -0.2) is 0 Å². The highest BCUT2D eigenvalue weighted by Crippen LogP contribution is 2.22. The quantitative estimate of drug-likeness (QED) is 0.800. The molecule has 0 spiro atoms. The minimum absolute atomic E-state index is 0.237. The predicted octanol–water partition coefficient (Wildman–Crippen LogP) is 1.64. The van der Waals surface area contributed by atoms with Gasteiger partial charge in [0.25, 0.3) is 0 Å². The van der Waals surface area contributed by atoms with Crippen LogP contribution in [0.3, 0.4) is 0 Å². The number of aliphatic hydroxyl groups excluding tert-OH is 1. The van der Waals surface area contributed by atoms with Gasteiger partial charge in [-0.2, -0.15) is 17.0 Å². The normalized spacial score (nSPS) is 19.5. The molecule has 2 rings (SSSR count). The standard InChI is InChI=1S/C15H20N2O2S/c16-7-12-2-1-3-15(6-12)19-10-14(18)9-17-8-13-4-5-20-11-13/h1-3,6,13-14,17-18H,4-5,8-11H2. The van der Waals surface area contributed by atoms with Crippen LogP contribution in [0.2, 0.25) is 0 Å². The number of hydrogen-bond acceptors (Lipinski definition) is 5. The van der Waals surface area contributed by atoms with E-state index >= 15 is 0 Å². The summed E-state index contributed by atoms with van der Waals surface area (Å²) in [6.07, 6.45) is 0.736. The minimum atomic E-state index is -0.533. The molecular formula is C15H20N2O2S. The molecule has 0 amide bonds. The second kappa shape index (κ2) is 8.15. The summed E-state index contributed by atoms with van der Waals surface area (Å²) in [5.41, 5.74) is 0.564. The second-order valence-electron chi connectivity index (χ2n) is 4.99. The van der Waals surface area contributed by atoms with Crippen LogP contribution < -0.4 is 10.1 Å². The van der Waals surface area contributed by atoms with Gasteiger partial charge in [0.1, 0.15) is 18.5 Å². The van der Waals surface area contributed by atoms with Crippen LogP contribution in [0.1, 0.15) is 12.0 Å². The van der Waals surface area contributed by atoms with Crippen molar-refractivity contribution in [2.24, 2.45) is 5.92 Å². The Morgan fingerprint density at radius 3 is 3.20 bits per heavy atom. The Bertz CT molecular complexity index is 455. The fraction of sp³-hybridized carbons (Fsp3) is 0.533. The first-order valence-corrected chi connectivity index (χ1v) is 8.03. The molecule has 0 bridgehead atoms. The Labute approximate surface area is 124 Å². The van der Waals surface area contributed by atoms with Crippen molar-refractivity contribution in [1.82, 2.24) is 5.32 Å². The highest BCUT2D eigenvalue weighted by molar-refractivity contribution is 7.99. The van der Waals surface area contributed by atoms with E-state index in [2.05, 4.69) is 11.4 Å². The Balaban J connectivity index is 1.64. The monoisotopic (exact) mass is 292 g/mol. The van der Waals surface area contributed by atoms with E-state index in [0.29, 0.717) is 17.9 Å². The average molecular weight is 292 g/mol. The van der Waals surface area contributed by atoms with Gasteiger partial charge in [0.15, 0.2) is 0 Å². The SMILES string of the molecule is N#Cc1cccc(OCC(O)CNCC2CCSC2)c1. The van der Waals surface area contributed by atoms with Crippen LogP contribution in [0.5, 0.6) is 5.75 Å². The van der Waals surface area contributed by atoms with Gasteiger partial charge in [-0.3, -0.25) is 0 Å². The maximum absolute atomic E-state index is 9.85. The molecule has 2 unspecified atom stereocenters. The Hall–Kier alpha value is -1.22. The smallest absolute Gasteiger partial charge is 0.120 e. The molecule has 1 saturated heterocycles. The van der Waals surface area contributed by atoms with Gasteiger partial charge in [-0.1, -0.05) is 6.07 Å². The van der Waals surface area contributed by atoms with E-state index < -0.39 is 6.10 Å². The molecule has 1 aromatic rings. The molecule has 1 aliphatic heterocycles.